The zero-order chi connectivity index (χ0) is 31.7. The largest absolute Gasteiger partial charge is 0.381 e. The molecule has 6 rings (SSSR count). The van der Waals surface area contributed by atoms with E-state index in [4.69, 9.17) is 16.3 Å². The Morgan fingerprint density at radius 2 is 1.84 bits per heavy atom. The predicted molar refractivity (Wildman–Crippen MR) is 172 cm³/mol. The monoisotopic (exact) mass is 635 g/mol. The second-order valence-corrected chi connectivity index (χ2v) is 12.6. The molecule has 2 N–H and O–H groups in total. The lowest BCUT2D eigenvalue weighted by molar-refractivity contribution is -0.125. The second-order valence-electron chi connectivity index (χ2n) is 12.2. The molecule has 2 aromatic carbocycles. The number of aromatic nitrogens is 2. The Labute approximate surface area is 267 Å². The average molecular weight is 636 g/mol. The van der Waals surface area contributed by atoms with Crippen molar-refractivity contribution in [2.75, 3.05) is 56.7 Å². The minimum atomic E-state index is -0.737. The highest BCUT2D eigenvalue weighted by Gasteiger charge is 2.35. The summed E-state index contributed by atoms with van der Waals surface area (Å²) in [6.45, 7) is 8.68. The maximum Gasteiger partial charge on any atom is 0.255 e. The molecule has 12 heteroatoms. The summed E-state index contributed by atoms with van der Waals surface area (Å²) in [6.07, 6.45) is 3.30. The molecule has 10 nitrogen and oxygen atoms in total. The first-order valence-electron chi connectivity index (χ1n) is 15.5. The molecule has 238 valence electrons. The van der Waals surface area contributed by atoms with Crippen LogP contribution in [0.5, 0.6) is 0 Å². The first-order chi connectivity index (χ1) is 21.7. The van der Waals surface area contributed by atoms with Crippen LogP contribution in [0, 0.1) is 5.82 Å². The highest BCUT2D eigenvalue weighted by molar-refractivity contribution is 6.33. The summed E-state index contributed by atoms with van der Waals surface area (Å²) >= 11 is 6.50. The first-order valence-corrected chi connectivity index (χ1v) is 15.9. The van der Waals surface area contributed by atoms with Gasteiger partial charge < -0.3 is 30.1 Å². The van der Waals surface area contributed by atoms with Gasteiger partial charge in [-0.3, -0.25) is 9.59 Å². The van der Waals surface area contributed by atoms with Gasteiger partial charge in [-0.25, -0.2) is 14.4 Å². The minimum Gasteiger partial charge on any atom is -0.381 e. The quantitative estimate of drug-likeness (QED) is 0.373. The zero-order valence-corrected chi connectivity index (χ0v) is 26.6. The van der Waals surface area contributed by atoms with Crippen LogP contribution >= 0.6 is 11.6 Å². The molecule has 1 aromatic heterocycles. The molecule has 0 bridgehead atoms. The molecular weight excluding hydrogens is 597 g/mol. The van der Waals surface area contributed by atoms with Crippen molar-refractivity contribution in [2.45, 2.75) is 51.4 Å². The number of piperazine rings is 1. The lowest BCUT2D eigenvalue weighted by Crippen LogP contribution is -2.46. The lowest BCUT2D eigenvalue weighted by atomic mass is 10.0. The Balaban J connectivity index is 1.13. The van der Waals surface area contributed by atoms with E-state index in [0.29, 0.717) is 53.1 Å². The third kappa shape index (κ3) is 6.90. The van der Waals surface area contributed by atoms with Gasteiger partial charge in [0.25, 0.3) is 5.91 Å². The summed E-state index contributed by atoms with van der Waals surface area (Å²) in [5.41, 5.74) is 4.04. The van der Waals surface area contributed by atoms with E-state index in [9.17, 15) is 14.0 Å². The highest BCUT2D eigenvalue weighted by Crippen LogP contribution is 2.33. The van der Waals surface area contributed by atoms with Gasteiger partial charge in [0.15, 0.2) is 0 Å². The van der Waals surface area contributed by atoms with E-state index < -0.39 is 12.1 Å². The van der Waals surface area contributed by atoms with Crippen LogP contribution in [0.4, 0.5) is 16.0 Å². The fourth-order valence-corrected chi connectivity index (χ4v) is 6.30. The van der Waals surface area contributed by atoms with Gasteiger partial charge in [0.2, 0.25) is 11.9 Å². The smallest absolute Gasteiger partial charge is 0.255 e. The molecule has 2 atom stereocenters. The van der Waals surface area contributed by atoms with Crippen molar-refractivity contribution in [3.05, 3.63) is 70.1 Å². The van der Waals surface area contributed by atoms with Crippen molar-refractivity contribution in [1.82, 2.24) is 25.1 Å². The third-order valence-corrected chi connectivity index (χ3v) is 9.27. The number of carbonyl (C=O) groups excluding carboxylic acids is 2. The van der Waals surface area contributed by atoms with Gasteiger partial charge in [-0.2, -0.15) is 0 Å². The van der Waals surface area contributed by atoms with Crippen molar-refractivity contribution in [1.29, 1.82) is 0 Å². The molecule has 0 saturated carbocycles. The van der Waals surface area contributed by atoms with E-state index >= 15 is 0 Å². The summed E-state index contributed by atoms with van der Waals surface area (Å²) in [5, 5.41) is 6.73. The maximum absolute atomic E-state index is 14.6. The van der Waals surface area contributed by atoms with Gasteiger partial charge in [-0.05, 0) is 69.1 Å². The first kappa shape index (κ1) is 31.2. The normalized spacial score (nSPS) is 18.9. The molecular formula is C33H39ClFN7O3. The van der Waals surface area contributed by atoms with Gasteiger partial charge in [-0.15, -0.1) is 0 Å². The number of nitrogens with one attached hydrogen (secondary N) is 2. The van der Waals surface area contributed by atoms with E-state index in [1.165, 1.54) is 6.07 Å². The molecule has 2 amide bonds. The van der Waals surface area contributed by atoms with E-state index in [1.54, 1.807) is 30.2 Å². The van der Waals surface area contributed by atoms with E-state index in [2.05, 4.69) is 37.4 Å². The average Bonchev–Trinajstić information content (AvgIpc) is 3.37. The minimum absolute atomic E-state index is 0.221. The number of ether oxygens (including phenoxy) is 1. The standard InChI is InChI=1S/C33H39ClFN7O3/c1-20(24-14-25(35)17-27(15-24)41-10-8-40(3)9-11-41)37-31(43)21(2)42-19-23-5-4-22(16-28(23)32(42)44)30-29(34)18-36-33(39-30)38-26-6-12-45-13-7-26/h4-5,14-18,20-21,26H,6-13,19H2,1-3H3,(H,37,43)(H,36,38,39)/t20-,21-/m1/s1. The number of rotatable bonds is 8. The van der Waals surface area contributed by atoms with Crippen LogP contribution in [0.15, 0.2) is 42.6 Å². The molecule has 0 aliphatic carbocycles. The maximum atomic E-state index is 14.6. The SMILES string of the molecule is C[C@H](C(=O)N[C@H](C)c1cc(F)cc(N2CCN(C)CC2)c1)N1Cc2ccc(-c3nc(NC4CCOCC4)ncc3Cl)cc2C1=O. The number of amides is 2. The van der Waals surface area contributed by atoms with Crippen molar-refractivity contribution in [2.24, 2.45) is 0 Å². The fourth-order valence-electron chi connectivity index (χ4n) is 6.10. The number of benzene rings is 2. The van der Waals surface area contributed by atoms with E-state index in [-0.39, 0.29) is 23.7 Å². The van der Waals surface area contributed by atoms with Crippen LogP contribution in [-0.4, -0.2) is 90.1 Å². The lowest BCUT2D eigenvalue weighted by Gasteiger charge is -2.34. The van der Waals surface area contributed by atoms with Gasteiger partial charge in [0.05, 0.1) is 23.0 Å². The van der Waals surface area contributed by atoms with E-state index in [0.717, 1.165) is 50.3 Å². The van der Waals surface area contributed by atoms with Crippen molar-refractivity contribution < 1.29 is 18.7 Å². The number of nitrogens with zero attached hydrogens (tertiary/aromatic N) is 5. The Kier molecular flexibility index (Phi) is 9.21. The summed E-state index contributed by atoms with van der Waals surface area (Å²) in [7, 11) is 2.08. The summed E-state index contributed by atoms with van der Waals surface area (Å²) in [6, 6.07) is 9.52. The van der Waals surface area contributed by atoms with Gasteiger partial charge in [-0.1, -0.05) is 23.7 Å². The number of likely N-dealkylation sites (N-methyl/N-ethyl adjacent to an activating group) is 1. The summed E-state index contributed by atoms with van der Waals surface area (Å²) in [4.78, 5) is 41.9. The van der Waals surface area contributed by atoms with Crippen molar-refractivity contribution >= 4 is 35.1 Å². The van der Waals surface area contributed by atoms with Crippen LogP contribution < -0.4 is 15.5 Å². The van der Waals surface area contributed by atoms with Crippen LogP contribution in [0.25, 0.3) is 11.3 Å². The summed E-state index contributed by atoms with van der Waals surface area (Å²) in [5.74, 6) is -0.414. The molecule has 45 heavy (non-hydrogen) atoms. The molecule has 4 heterocycles. The molecule has 0 spiro atoms. The predicted octanol–water partition coefficient (Wildman–Crippen LogP) is 4.50. The molecule has 3 aliphatic heterocycles. The van der Waals surface area contributed by atoms with Gasteiger partial charge in [0.1, 0.15) is 11.9 Å². The second kappa shape index (κ2) is 13.3. The molecule has 2 saturated heterocycles. The number of fused-ring (bicyclic) bond motifs is 1. The Morgan fingerprint density at radius 3 is 2.60 bits per heavy atom. The molecule has 3 aliphatic rings. The van der Waals surface area contributed by atoms with Gasteiger partial charge >= 0.3 is 0 Å². The topological polar surface area (TPSA) is 103 Å². The molecule has 0 radical (unpaired) electrons. The number of halogens is 2. The molecule has 2 fully saturated rings. The van der Waals surface area contributed by atoms with Crippen LogP contribution in [0.1, 0.15) is 54.2 Å². The zero-order valence-electron chi connectivity index (χ0n) is 25.9. The fraction of sp³-hybridized carbons (Fsp3) is 0.455. The van der Waals surface area contributed by atoms with Crippen molar-refractivity contribution in [3.8, 4) is 11.3 Å². The van der Waals surface area contributed by atoms with Crippen LogP contribution in [-0.2, 0) is 16.1 Å². The van der Waals surface area contributed by atoms with Gasteiger partial charge in [0, 0.05) is 68.8 Å². The highest BCUT2D eigenvalue weighted by atomic mass is 35.5. The Morgan fingerprint density at radius 1 is 1.09 bits per heavy atom. The molecule has 3 aromatic rings. The number of anilines is 2. The van der Waals surface area contributed by atoms with Crippen molar-refractivity contribution in [3.63, 3.8) is 0 Å². The third-order valence-electron chi connectivity index (χ3n) is 8.99. The number of hydrogen-bond acceptors (Lipinski definition) is 8. The Hall–Kier alpha value is -3.80. The van der Waals surface area contributed by atoms with Crippen LogP contribution in [0.2, 0.25) is 5.02 Å². The number of hydrogen-bond donors (Lipinski definition) is 2. The molecule has 0 unspecified atom stereocenters. The number of carbonyl (C=O) groups is 2. The summed E-state index contributed by atoms with van der Waals surface area (Å²) < 4.78 is 20.1. The Bertz CT molecular complexity index is 1580. The van der Waals surface area contributed by atoms with E-state index in [1.807, 2.05) is 25.1 Å². The van der Waals surface area contributed by atoms with Crippen LogP contribution in [0.3, 0.4) is 0 Å².